The minimum Gasteiger partial charge on any atom is -0.330 e. The number of para-hydroxylation sites is 1. The number of carbonyl (C=O) groups excluding carboxylic acids is 2. The SMILES string of the molecule is Cc1ccc(C(=O)N2CCC3(C(=O)Nc4ccccc43)C2c2cccnc2)c(=O)[nH]1. The Morgan fingerprint density at radius 3 is 2.73 bits per heavy atom. The molecule has 0 aliphatic carbocycles. The molecule has 2 N–H and O–H groups in total. The number of nitrogens with zero attached hydrogens (tertiary/aromatic N) is 2. The topological polar surface area (TPSA) is 95.2 Å². The van der Waals surface area contributed by atoms with E-state index in [2.05, 4.69) is 15.3 Å². The van der Waals surface area contributed by atoms with Gasteiger partial charge in [-0.15, -0.1) is 0 Å². The molecule has 150 valence electrons. The van der Waals surface area contributed by atoms with Crippen LogP contribution in [0.25, 0.3) is 0 Å². The van der Waals surface area contributed by atoms with Crippen LogP contribution in [0.1, 0.15) is 39.6 Å². The largest absolute Gasteiger partial charge is 0.330 e. The first-order valence-electron chi connectivity index (χ1n) is 9.84. The van der Waals surface area contributed by atoms with E-state index in [1.807, 2.05) is 30.3 Å². The van der Waals surface area contributed by atoms with Crippen LogP contribution in [-0.2, 0) is 10.2 Å². The maximum absolute atomic E-state index is 13.5. The van der Waals surface area contributed by atoms with Gasteiger partial charge >= 0.3 is 0 Å². The van der Waals surface area contributed by atoms with Crippen LogP contribution in [-0.4, -0.2) is 33.2 Å². The second-order valence-electron chi connectivity index (χ2n) is 7.79. The Kier molecular flexibility index (Phi) is 4.06. The number of aromatic nitrogens is 2. The maximum atomic E-state index is 13.5. The monoisotopic (exact) mass is 400 g/mol. The van der Waals surface area contributed by atoms with Gasteiger partial charge in [0.05, 0.1) is 6.04 Å². The molecule has 0 radical (unpaired) electrons. The fraction of sp³-hybridized carbons (Fsp3) is 0.217. The Morgan fingerprint density at radius 2 is 1.97 bits per heavy atom. The number of H-pyrrole nitrogens is 1. The number of nitrogens with one attached hydrogen (secondary N) is 2. The highest BCUT2D eigenvalue weighted by Gasteiger charge is 2.59. The summed E-state index contributed by atoms with van der Waals surface area (Å²) in [5, 5.41) is 2.98. The van der Waals surface area contributed by atoms with Crippen LogP contribution >= 0.6 is 0 Å². The fourth-order valence-electron chi connectivity index (χ4n) is 4.80. The fourth-order valence-corrected chi connectivity index (χ4v) is 4.80. The van der Waals surface area contributed by atoms with E-state index in [4.69, 9.17) is 0 Å². The molecule has 30 heavy (non-hydrogen) atoms. The molecule has 4 heterocycles. The van der Waals surface area contributed by atoms with Gasteiger partial charge in [-0.1, -0.05) is 24.3 Å². The number of pyridine rings is 2. The Labute approximate surface area is 172 Å². The van der Waals surface area contributed by atoms with E-state index in [0.29, 0.717) is 18.7 Å². The second kappa shape index (κ2) is 6.66. The van der Waals surface area contributed by atoms with Crippen molar-refractivity contribution in [3.63, 3.8) is 0 Å². The predicted octanol–water partition coefficient (Wildman–Crippen LogP) is 2.56. The number of benzene rings is 1. The van der Waals surface area contributed by atoms with Crippen molar-refractivity contribution in [1.29, 1.82) is 0 Å². The second-order valence-corrected chi connectivity index (χ2v) is 7.79. The summed E-state index contributed by atoms with van der Waals surface area (Å²) in [6.07, 6.45) is 3.81. The summed E-state index contributed by atoms with van der Waals surface area (Å²) in [4.78, 5) is 47.8. The van der Waals surface area contributed by atoms with Crippen molar-refractivity contribution >= 4 is 17.5 Å². The number of hydrogen-bond acceptors (Lipinski definition) is 4. The van der Waals surface area contributed by atoms with Crippen molar-refractivity contribution in [2.24, 2.45) is 0 Å². The first-order valence-corrected chi connectivity index (χ1v) is 9.84. The normalized spacial score (nSPS) is 22.2. The molecular formula is C23H20N4O3. The van der Waals surface area contributed by atoms with Crippen LogP contribution in [0.15, 0.2) is 65.7 Å². The van der Waals surface area contributed by atoms with E-state index >= 15 is 0 Å². The van der Waals surface area contributed by atoms with Crippen molar-refractivity contribution in [2.45, 2.75) is 24.8 Å². The molecular weight excluding hydrogens is 380 g/mol. The highest BCUT2D eigenvalue weighted by Crippen LogP contribution is 2.54. The molecule has 7 heteroatoms. The summed E-state index contributed by atoms with van der Waals surface area (Å²) in [5.41, 5.74) is 1.80. The molecule has 1 spiro atoms. The van der Waals surface area contributed by atoms with Gasteiger partial charge < -0.3 is 15.2 Å². The van der Waals surface area contributed by atoms with E-state index in [-0.39, 0.29) is 17.4 Å². The van der Waals surface area contributed by atoms with Crippen LogP contribution in [0.5, 0.6) is 0 Å². The Hall–Kier alpha value is -3.74. The summed E-state index contributed by atoms with van der Waals surface area (Å²) in [6.45, 7) is 2.12. The summed E-state index contributed by atoms with van der Waals surface area (Å²) < 4.78 is 0. The molecule has 7 nitrogen and oxygen atoms in total. The van der Waals surface area contributed by atoms with Crippen molar-refractivity contribution in [3.8, 4) is 0 Å². The van der Waals surface area contributed by atoms with E-state index in [9.17, 15) is 14.4 Å². The van der Waals surface area contributed by atoms with Gasteiger partial charge in [0.2, 0.25) is 5.91 Å². The summed E-state index contributed by atoms with van der Waals surface area (Å²) >= 11 is 0. The molecule has 3 aromatic rings. The molecule has 2 aliphatic rings. The molecule has 1 saturated heterocycles. The smallest absolute Gasteiger partial charge is 0.260 e. The van der Waals surface area contributed by atoms with Gasteiger partial charge in [0.15, 0.2) is 0 Å². The molecule has 5 rings (SSSR count). The minimum absolute atomic E-state index is 0.0678. The third-order valence-corrected chi connectivity index (χ3v) is 6.13. The molecule has 2 unspecified atom stereocenters. The maximum Gasteiger partial charge on any atom is 0.260 e. The number of likely N-dealkylation sites (tertiary alicyclic amines) is 1. The lowest BCUT2D eigenvalue weighted by Crippen LogP contribution is -2.43. The number of carbonyl (C=O) groups is 2. The van der Waals surface area contributed by atoms with Crippen LogP contribution < -0.4 is 10.9 Å². The number of aryl methyl sites for hydroxylation is 1. The number of anilines is 1. The standard InChI is InChI=1S/C23H20N4O3/c1-14-8-9-16(20(28)25-14)21(29)27-12-10-23(19(27)15-5-4-11-24-13-15)17-6-2-3-7-18(17)26-22(23)30/h2-9,11,13,19H,10,12H2,1H3,(H,25,28)(H,26,30). The van der Waals surface area contributed by atoms with Crippen LogP contribution in [0.4, 0.5) is 5.69 Å². The average Bonchev–Trinajstić information content (AvgIpc) is 3.28. The number of hydrogen-bond donors (Lipinski definition) is 2. The Bertz CT molecular complexity index is 1220. The van der Waals surface area contributed by atoms with Gasteiger partial charge in [-0.2, -0.15) is 0 Å². The highest BCUT2D eigenvalue weighted by molar-refractivity contribution is 6.08. The molecule has 2 aliphatic heterocycles. The zero-order valence-electron chi connectivity index (χ0n) is 16.4. The van der Waals surface area contributed by atoms with Gasteiger partial charge in [0.1, 0.15) is 11.0 Å². The van der Waals surface area contributed by atoms with Crippen molar-refractivity contribution in [3.05, 3.63) is 93.7 Å². The third-order valence-electron chi connectivity index (χ3n) is 6.13. The van der Waals surface area contributed by atoms with Crippen molar-refractivity contribution in [1.82, 2.24) is 14.9 Å². The minimum atomic E-state index is -0.924. The zero-order valence-corrected chi connectivity index (χ0v) is 16.4. The van der Waals surface area contributed by atoms with E-state index in [1.54, 1.807) is 42.4 Å². The lowest BCUT2D eigenvalue weighted by atomic mass is 9.73. The first kappa shape index (κ1) is 18.3. The first-order chi connectivity index (χ1) is 14.5. The van der Waals surface area contributed by atoms with Crippen molar-refractivity contribution < 1.29 is 9.59 Å². The molecule has 2 atom stereocenters. The molecule has 2 aromatic heterocycles. The summed E-state index contributed by atoms with van der Waals surface area (Å²) in [5.74, 6) is -0.523. The molecule has 1 aromatic carbocycles. The van der Waals surface area contributed by atoms with Crippen LogP contribution in [0.3, 0.4) is 0 Å². The van der Waals surface area contributed by atoms with Gasteiger partial charge in [-0.25, -0.2) is 0 Å². The Morgan fingerprint density at radius 1 is 1.13 bits per heavy atom. The molecule has 0 saturated carbocycles. The predicted molar refractivity (Wildman–Crippen MR) is 111 cm³/mol. The molecule has 2 amide bonds. The molecule has 0 bridgehead atoms. The highest BCUT2D eigenvalue weighted by atomic mass is 16.2. The number of fused-ring (bicyclic) bond motifs is 2. The zero-order chi connectivity index (χ0) is 20.9. The number of rotatable bonds is 2. The van der Waals surface area contributed by atoms with Gasteiger partial charge in [0, 0.05) is 30.3 Å². The van der Waals surface area contributed by atoms with E-state index < -0.39 is 17.0 Å². The number of aromatic amines is 1. The quantitative estimate of drug-likeness (QED) is 0.691. The van der Waals surface area contributed by atoms with Crippen molar-refractivity contribution in [2.75, 3.05) is 11.9 Å². The summed E-state index contributed by atoms with van der Waals surface area (Å²) in [6, 6.07) is 13.9. The third kappa shape index (κ3) is 2.51. The molecule has 1 fully saturated rings. The lowest BCUT2D eigenvalue weighted by Gasteiger charge is -2.34. The van der Waals surface area contributed by atoms with E-state index in [0.717, 1.165) is 16.8 Å². The van der Waals surface area contributed by atoms with Gasteiger partial charge in [-0.05, 0) is 48.7 Å². The average molecular weight is 400 g/mol. The van der Waals surface area contributed by atoms with Gasteiger partial charge in [-0.3, -0.25) is 19.4 Å². The van der Waals surface area contributed by atoms with Crippen LogP contribution in [0.2, 0.25) is 0 Å². The summed E-state index contributed by atoms with van der Waals surface area (Å²) in [7, 11) is 0. The Balaban J connectivity index is 1.68. The number of amides is 2. The van der Waals surface area contributed by atoms with Gasteiger partial charge in [0.25, 0.3) is 11.5 Å². The van der Waals surface area contributed by atoms with E-state index in [1.165, 1.54) is 0 Å². The van der Waals surface area contributed by atoms with Crippen LogP contribution in [0, 0.1) is 6.92 Å². The lowest BCUT2D eigenvalue weighted by molar-refractivity contribution is -0.121.